The maximum Gasteiger partial charge on any atom is 0.354 e. The fraction of sp³-hybridized carbons (Fsp3) is 0.167. The van der Waals surface area contributed by atoms with Crippen molar-refractivity contribution in [3.8, 4) is 0 Å². The van der Waals surface area contributed by atoms with E-state index in [2.05, 4.69) is 41.6 Å². The summed E-state index contributed by atoms with van der Waals surface area (Å²) in [6.07, 6.45) is 0. The summed E-state index contributed by atoms with van der Waals surface area (Å²) in [5.74, 6) is -0.378. The van der Waals surface area contributed by atoms with Gasteiger partial charge in [-0.05, 0) is 37.9 Å². The molecule has 0 amide bonds. The van der Waals surface area contributed by atoms with E-state index < -0.39 is 0 Å². The van der Waals surface area contributed by atoms with Crippen molar-refractivity contribution in [2.75, 3.05) is 7.11 Å². The summed E-state index contributed by atoms with van der Waals surface area (Å²) in [4.78, 5) is 13.7. The van der Waals surface area contributed by atoms with Gasteiger partial charge in [0.25, 0.3) is 0 Å². The van der Waals surface area contributed by atoms with Gasteiger partial charge in [0.05, 0.1) is 16.2 Å². The van der Waals surface area contributed by atoms with Crippen LogP contribution in [0.1, 0.15) is 10.5 Å². The van der Waals surface area contributed by atoms with Gasteiger partial charge in [0, 0.05) is 0 Å². The van der Waals surface area contributed by atoms with Crippen LogP contribution in [0.2, 0.25) is 0 Å². The number of carbonyl (C=O) groups excluding carboxylic acids is 1. The Morgan fingerprint density at radius 3 is 2.64 bits per heavy atom. The number of hydrogen-bond acceptors (Lipinski definition) is 2. The molecular weight excluding hydrogens is 278 g/mol. The van der Waals surface area contributed by atoms with Gasteiger partial charge < -0.3 is 9.72 Å². The average molecular weight is 283 g/mol. The van der Waals surface area contributed by atoms with Gasteiger partial charge in [0.2, 0.25) is 0 Å². The number of aromatic nitrogens is 1. The molecule has 0 radical (unpaired) electrons. The van der Waals surface area contributed by atoms with E-state index in [0.29, 0.717) is 5.69 Å². The third-order valence-electron chi connectivity index (χ3n) is 1.13. The molecule has 1 rings (SSSR count). The van der Waals surface area contributed by atoms with Crippen LogP contribution >= 0.6 is 31.9 Å². The van der Waals surface area contributed by atoms with Gasteiger partial charge in [0.1, 0.15) is 5.69 Å². The lowest BCUT2D eigenvalue weighted by molar-refractivity contribution is 0.0594. The van der Waals surface area contributed by atoms with Crippen LogP contribution in [0.4, 0.5) is 0 Å². The Morgan fingerprint density at radius 1 is 1.64 bits per heavy atom. The second-order valence-corrected chi connectivity index (χ2v) is 3.48. The molecule has 0 saturated heterocycles. The molecule has 0 aliphatic carbocycles. The molecule has 5 heteroatoms. The molecule has 0 unspecified atom stereocenters. The SMILES string of the molecule is COC(=O)c1cc(Br)c(Br)[nH]1. The third kappa shape index (κ3) is 1.84. The van der Waals surface area contributed by atoms with E-state index in [9.17, 15) is 4.79 Å². The largest absolute Gasteiger partial charge is 0.464 e. The minimum Gasteiger partial charge on any atom is -0.464 e. The van der Waals surface area contributed by atoms with E-state index in [4.69, 9.17) is 0 Å². The van der Waals surface area contributed by atoms with E-state index in [0.717, 1.165) is 9.08 Å². The van der Waals surface area contributed by atoms with Crippen LogP contribution in [0, 0.1) is 0 Å². The fourth-order valence-electron chi connectivity index (χ4n) is 0.624. The highest BCUT2D eigenvalue weighted by Crippen LogP contribution is 2.23. The van der Waals surface area contributed by atoms with E-state index in [1.807, 2.05) is 0 Å². The van der Waals surface area contributed by atoms with E-state index >= 15 is 0 Å². The predicted octanol–water partition coefficient (Wildman–Crippen LogP) is 2.33. The summed E-state index contributed by atoms with van der Waals surface area (Å²) < 4.78 is 6.03. The van der Waals surface area contributed by atoms with E-state index in [-0.39, 0.29) is 5.97 Å². The van der Waals surface area contributed by atoms with Crippen molar-refractivity contribution in [3.05, 3.63) is 20.8 Å². The second-order valence-electron chi connectivity index (χ2n) is 1.84. The lowest BCUT2D eigenvalue weighted by atomic mass is 10.4. The standard InChI is InChI=1S/C6H5Br2NO2/c1-11-6(10)4-2-3(7)5(8)9-4/h2,9H,1H3. The molecule has 1 heterocycles. The van der Waals surface area contributed by atoms with Crippen LogP contribution in [-0.2, 0) is 4.74 Å². The zero-order valence-corrected chi connectivity index (χ0v) is 8.82. The Bertz CT molecular complexity index is 263. The lowest BCUT2D eigenvalue weighted by Gasteiger charge is -1.91. The first-order valence-corrected chi connectivity index (χ1v) is 4.36. The number of H-pyrrole nitrogens is 1. The average Bonchev–Trinajstić information content (AvgIpc) is 2.31. The van der Waals surface area contributed by atoms with Crippen molar-refractivity contribution >= 4 is 37.8 Å². The molecule has 0 aliphatic heterocycles. The first kappa shape index (κ1) is 8.80. The summed E-state index contributed by atoms with van der Waals surface area (Å²) in [5.41, 5.74) is 0.422. The normalized spacial score (nSPS) is 9.73. The molecule has 1 aromatic heterocycles. The van der Waals surface area contributed by atoms with Crippen molar-refractivity contribution in [1.29, 1.82) is 0 Å². The molecular formula is C6H5Br2NO2. The second kappa shape index (κ2) is 3.40. The molecule has 11 heavy (non-hydrogen) atoms. The van der Waals surface area contributed by atoms with Crippen LogP contribution < -0.4 is 0 Å². The number of carbonyl (C=O) groups is 1. The Balaban J connectivity index is 2.97. The summed E-state index contributed by atoms with van der Waals surface area (Å²) in [6, 6.07) is 1.65. The minimum atomic E-state index is -0.378. The van der Waals surface area contributed by atoms with Crippen LogP contribution in [-0.4, -0.2) is 18.1 Å². The minimum absolute atomic E-state index is 0.378. The van der Waals surface area contributed by atoms with Gasteiger partial charge >= 0.3 is 5.97 Å². The van der Waals surface area contributed by atoms with Crippen molar-refractivity contribution in [2.24, 2.45) is 0 Å². The van der Waals surface area contributed by atoms with Crippen LogP contribution in [0.25, 0.3) is 0 Å². The number of hydrogen-bond donors (Lipinski definition) is 1. The van der Waals surface area contributed by atoms with Gasteiger partial charge in [-0.2, -0.15) is 0 Å². The number of halogens is 2. The molecule has 0 atom stereocenters. The number of aromatic amines is 1. The van der Waals surface area contributed by atoms with Crippen LogP contribution in [0.5, 0.6) is 0 Å². The van der Waals surface area contributed by atoms with E-state index in [1.165, 1.54) is 7.11 Å². The van der Waals surface area contributed by atoms with Crippen LogP contribution in [0.3, 0.4) is 0 Å². The molecule has 0 spiro atoms. The first-order chi connectivity index (χ1) is 5.15. The summed E-state index contributed by atoms with van der Waals surface area (Å²) >= 11 is 6.43. The molecule has 0 fully saturated rings. The summed E-state index contributed by atoms with van der Waals surface area (Å²) in [5, 5.41) is 0. The molecule has 0 aromatic carbocycles. The molecule has 1 N–H and O–H groups in total. The third-order valence-corrected chi connectivity index (χ3v) is 2.91. The highest BCUT2D eigenvalue weighted by atomic mass is 79.9. The molecule has 0 aliphatic rings. The topological polar surface area (TPSA) is 42.1 Å². The number of esters is 1. The van der Waals surface area contributed by atoms with E-state index in [1.54, 1.807) is 6.07 Å². The van der Waals surface area contributed by atoms with Crippen molar-refractivity contribution in [3.63, 3.8) is 0 Å². The van der Waals surface area contributed by atoms with Gasteiger partial charge in [-0.1, -0.05) is 0 Å². The van der Waals surface area contributed by atoms with Crippen molar-refractivity contribution < 1.29 is 9.53 Å². The first-order valence-electron chi connectivity index (χ1n) is 2.77. The monoisotopic (exact) mass is 281 g/mol. The van der Waals surface area contributed by atoms with Crippen molar-refractivity contribution in [1.82, 2.24) is 4.98 Å². The van der Waals surface area contributed by atoms with Crippen LogP contribution in [0.15, 0.2) is 15.1 Å². The number of methoxy groups -OCH3 is 1. The predicted molar refractivity (Wildman–Crippen MR) is 47.5 cm³/mol. The Hall–Kier alpha value is -0.290. The lowest BCUT2D eigenvalue weighted by Crippen LogP contribution is -2.00. The Morgan fingerprint density at radius 2 is 2.27 bits per heavy atom. The fourth-order valence-corrected chi connectivity index (χ4v) is 1.28. The molecule has 1 aromatic rings. The number of nitrogens with one attached hydrogen (secondary N) is 1. The highest BCUT2D eigenvalue weighted by molar-refractivity contribution is 9.13. The highest BCUT2D eigenvalue weighted by Gasteiger charge is 2.09. The van der Waals surface area contributed by atoms with Gasteiger partial charge in [0.15, 0.2) is 0 Å². The Labute approximate surface area is 80.4 Å². The molecule has 0 bridgehead atoms. The molecule has 3 nitrogen and oxygen atoms in total. The maximum absolute atomic E-state index is 10.9. The zero-order chi connectivity index (χ0) is 8.43. The number of ether oxygens (including phenoxy) is 1. The quantitative estimate of drug-likeness (QED) is 0.804. The summed E-state index contributed by atoms with van der Waals surface area (Å²) in [7, 11) is 1.34. The maximum atomic E-state index is 10.9. The van der Waals surface area contributed by atoms with Crippen molar-refractivity contribution in [2.45, 2.75) is 0 Å². The molecule has 0 saturated carbocycles. The zero-order valence-electron chi connectivity index (χ0n) is 5.65. The van der Waals surface area contributed by atoms with Gasteiger partial charge in [-0.3, -0.25) is 0 Å². The summed E-state index contributed by atoms with van der Waals surface area (Å²) in [6.45, 7) is 0. The van der Waals surface area contributed by atoms with Gasteiger partial charge in [-0.25, -0.2) is 4.79 Å². The number of rotatable bonds is 1. The Kier molecular flexibility index (Phi) is 2.72. The van der Waals surface area contributed by atoms with Gasteiger partial charge in [-0.15, -0.1) is 0 Å². The smallest absolute Gasteiger partial charge is 0.354 e. The molecule has 60 valence electrons.